The molecule has 1 aromatic heterocycles. The summed E-state index contributed by atoms with van der Waals surface area (Å²) < 4.78 is 5.76. The van der Waals surface area contributed by atoms with Crippen molar-refractivity contribution in [3.8, 4) is 0 Å². The molecule has 2 heteroatoms. The van der Waals surface area contributed by atoms with Crippen LogP contribution in [0.25, 0.3) is 28.0 Å². The lowest BCUT2D eigenvalue weighted by atomic mass is 10.1. The Balaban J connectivity index is 2.26. The van der Waals surface area contributed by atoms with Gasteiger partial charge in [0.1, 0.15) is 11.2 Å². The Morgan fingerprint density at radius 2 is 1.82 bits per heavy atom. The zero-order valence-electron chi connectivity index (χ0n) is 9.19. The lowest BCUT2D eigenvalue weighted by Gasteiger charge is -1.93. The fraction of sp³-hybridized carbons (Fsp3) is 0.0667. The van der Waals surface area contributed by atoms with E-state index in [4.69, 9.17) is 16.0 Å². The number of halogens is 1. The number of benzene rings is 2. The van der Waals surface area contributed by atoms with Crippen LogP contribution in [0.2, 0.25) is 0 Å². The van der Waals surface area contributed by atoms with E-state index in [0.717, 1.165) is 27.5 Å². The molecular formula is C15H11ClO. The minimum absolute atomic E-state index is 0.532. The van der Waals surface area contributed by atoms with Crippen molar-refractivity contribution < 1.29 is 4.42 Å². The minimum atomic E-state index is 0.532. The van der Waals surface area contributed by atoms with Crippen molar-refractivity contribution in [3.05, 3.63) is 54.1 Å². The predicted molar refractivity (Wildman–Crippen MR) is 73.5 cm³/mol. The zero-order valence-corrected chi connectivity index (χ0v) is 9.95. The maximum atomic E-state index is 5.76. The Labute approximate surface area is 104 Å². The lowest BCUT2D eigenvalue weighted by Crippen LogP contribution is -1.72. The second-order valence-electron chi connectivity index (χ2n) is 3.91. The Bertz CT molecular complexity index is 694. The summed E-state index contributed by atoms with van der Waals surface area (Å²) in [5.74, 6) is 0.532. The van der Waals surface area contributed by atoms with Crippen LogP contribution in [0.3, 0.4) is 0 Å². The van der Waals surface area contributed by atoms with Crippen LogP contribution < -0.4 is 0 Å². The lowest BCUT2D eigenvalue weighted by molar-refractivity contribution is 0.669. The van der Waals surface area contributed by atoms with Gasteiger partial charge in [-0.3, -0.25) is 0 Å². The Kier molecular flexibility index (Phi) is 2.62. The van der Waals surface area contributed by atoms with Crippen LogP contribution in [0.5, 0.6) is 0 Å². The van der Waals surface area contributed by atoms with Crippen molar-refractivity contribution in [1.82, 2.24) is 0 Å². The van der Waals surface area contributed by atoms with Crippen molar-refractivity contribution in [2.45, 2.75) is 0 Å². The van der Waals surface area contributed by atoms with Crippen molar-refractivity contribution in [1.29, 1.82) is 0 Å². The van der Waals surface area contributed by atoms with E-state index in [1.54, 1.807) is 0 Å². The monoisotopic (exact) mass is 242 g/mol. The van der Waals surface area contributed by atoms with Crippen LogP contribution in [0.4, 0.5) is 0 Å². The first-order valence-corrected chi connectivity index (χ1v) is 6.06. The number of para-hydroxylation sites is 1. The maximum Gasteiger partial charge on any atom is 0.135 e. The van der Waals surface area contributed by atoms with Crippen molar-refractivity contribution >= 4 is 39.6 Å². The third-order valence-corrected chi connectivity index (χ3v) is 2.98. The zero-order chi connectivity index (χ0) is 11.7. The van der Waals surface area contributed by atoms with Gasteiger partial charge in [0.2, 0.25) is 0 Å². The molecule has 0 saturated carbocycles. The second kappa shape index (κ2) is 4.27. The normalized spacial score (nSPS) is 11.8. The molecule has 84 valence electrons. The molecule has 0 amide bonds. The summed E-state index contributed by atoms with van der Waals surface area (Å²) in [6.07, 6.45) is 3.96. The summed E-state index contributed by atoms with van der Waals surface area (Å²) in [4.78, 5) is 0. The molecule has 0 aliphatic carbocycles. The number of hydrogen-bond donors (Lipinski definition) is 0. The number of furan rings is 1. The van der Waals surface area contributed by atoms with Crippen LogP contribution >= 0.6 is 11.6 Å². The highest BCUT2D eigenvalue weighted by atomic mass is 35.5. The van der Waals surface area contributed by atoms with Gasteiger partial charge in [0, 0.05) is 16.7 Å². The second-order valence-corrected chi connectivity index (χ2v) is 4.22. The van der Waals surface area contributed by atoms with Gasteiger partial charge in [-0.15, -0.1) is 11.6 Å². The number of rotatable bonds is 2. The fourth-order valence-corrected chi connectivity index (χ4v) is 2.12. The van der Waals surface area contributed by atoms with Gasteiger partial charge in [-0.25, -0.2) is 0 Å². The van der Waals surface area contributed by atoms with E-state index < -0.39 is 0 Å². The third-order valence-electron chi connectivity index (χ3n) is 2.80. The van der Waals surface area contributed by atoms with Crippen LogP contribution in [-0.4, -0.2) is 5.88 Å². The van der Waals surface area contributed by atoms with Gasteiger partial charge >= 0.3 is 0 Å². The molecule has 0 saturated heterocycles. The van der Waals surface area contributed by atoms with E-state index in [0.29, 0.717) is 5.88 Å². The third kappa shape index (κ3) is 1.83. The highest BCUT2D eigenvalue weighted by Gasteiger charge is 2.05. The van der Waals surface area contributed by atoms with Crippen molar-refractivity contribution in [3.63, 3.8) is 0 Å². The molecule has 0 fully saturated rings. The topological polar surface area (TPSA) is 13.1 Å². The summed E-state index contributed by atoms with van der Waals surface area (Å²) in [6, 6.07) is 14.2. The van der Waals surface area contributed by atoms with Gasteiger partial charge in [0.05, 0.1) is 0 Å². The SMILES string of the molecule is ClCC=Cc1ccc2oc3ccccc3c2c1. The van der Waals surface area contributed by atoms with E-state index in [9.17, 15) is 0 Å². The van der Waals surface area contributed by atoms with Gasteiger partial charge in [-0.2, -0.15) is 0 Å². The Hall–Kier alpha value is -1.73. The largest absolute Gasteiger partial charge is 0.456 e. The maximum absolute atomic E-state index is 5.76. The standard InChI is InChI=1S/C15H11ClO/c16-9-3-4-11-7-8-15-13(10-11)12-5-1-2-6-14(12)17-15/h1-8,10H,9H2. The van der Waals surface area contributed by atoms with Gasteiger partial charge < -0.3 is 4.42 Å². The molecule has 0 aliphatic heterocycles. The number of hydrogen-bond acceptors (Lipinski definition) is 1. The molecule has 3 rings (SSSR count). The highest BCUT2D eigenvalue weighted by Crippen LogP contribution is 2.29. The molecule has 2 aromatic carbocycles. The molecule has 0 N–H and O–H groups in total. The van der Waals surface area contributed by atoms with Crippen LogP contribution in [-0.2, 0) is 0 Å². The van der Waals surface area contributed by atoms with Gasteiger partial charge in [-0.05, 0) is 23.8 Å². The average Bonchev–Trinajstić information content (AvgIpc) is 2.74. The summed E-state index contributed by atoms with van der Waals surface area (Å²) >= 11 is 5.64. The molecule has 0 bridgehead atoms. The van der Waals surface area contributed by atoms with Crippen LogP contribution in [0.15, 0.2) is 53.0 Å². The highest BCUT2D eigenvalue weighted by molar-refractivity contribution is 6.19. The summed E-state index contributed by atoms with van der Waals surface area (Å²) in [6.45, 7) is 0. The first-order chi connectivity index (χ1) is 8.38. The summed E-state index contributed by atoms with van der Waals surface area (Å²) in [5, 5.41) is 2.31. The van der Waals surface area contributed by atoms with Crippen molar-refractivity contribution in [2.75, 3.05) is 5.88 Å². The molecule has 0 atom stereocenters. The van der Waals surface area contributed by atoms with Crippen molar-refractivity contribution in [2.24, 2.45) is 0 Å². The predicted octanol–water partition coefficient (Wildman–Crippen LogP) is 4.84. The van der Waals surface area contributed by atoms with E-state index in [1.165, 1.54) is 0 Å². The van der Waals surface area contributed by atoms with E-state index in [-0.39, 0.29) is 0 Å². The molecule has 0 aliphatic rings. The average molecular weight is 243 g/mol. The Morgan fingerprint density at radius 3 is 2.71 bits per heavy atom. The fourth-order valence-electron chi connectivity index (χ4n) is 2.03. The molecule has 3 aromatic rings. The smallest absolute Gasteiger partial charge is 0.135 e. The summed E-state index contributed by atoms with van der Waals surface area (Å²) in [7, 11) is 0. The first-order valence-electron chi connectivity index (χ1n) is 5.52. The molecule has 0 unspecified atom stereocenters. The summed E-state index contributed by atoms with van der Waals surface area (Å²) in [5.41, 5.74) is 3.00. The minimum Gasteiger partial charge on any atom is -0.456 e. The van der Waals surface area contributed by atoms with E-state index >= 15 is 0 Å². The Morgan fingerprint density at radius 1 is 1.00 bits per heavy atom. The molecule has 0 spiro atoms. The quantitative estimate of drug-likeness (QED) is 0.586. The number of fused-ring (bicyclic) bond motifs is 3. The first kappa shape index (κ1) is 10.4. The van der Waals surface area contributed by atoms with E-state index in [2.05, 4.69) is 12.1 Å². The molecule has 1 nitrogen and oxygen atoms in total. The van der Waals surface area contributed by atoms with Gasteiger partial charge in [-0.1, -0.05) is 36.4 Å². The molecule has 0 radical (unpaired) electrons. The molecular weight excluding hydrogens is 232 g/mol. The number of allylic oxidation sites excluding steroid dienone is 1. The van der Waals surface area contributed by atoms with Crippen LogP contribution in [0, 0.1) is 0 Å². The van der Waals surface area contributed by atoms with Crippen LogP contribution in [0.1, 0.15) is 5.56 Å². The van der Waals surface area contributed by atoms with Gasteiger partial charge in [0.15, 0.2) is 0 Å². The van der Waals surface area contributed by atoms with E-state index in [1.807, 2.05) is 42.5 Å². The van der Waals surface area contributed by atoms with Gasteiger partial charge in [0.25, 0.3) is 0 Å². The molecule has 17 heavy (non-hydrogen) atoms. The number of alkyl halides is 1. The molecule has 1 heterocycles.